The minimum atomic E-state index is -0.343. The molecular weight excluding hydrogens is 318 g/mol. The van der Waals surface area contributed by atoms with E-state index in [9.17, 15) is 9.59 Å². The molecule has 2 N–H and O–H groups in total. The van der Waals surface area contributed by atoms with E-state index in [4.69, 9.17) is 11.6 Å². The van der Waals surface area contributed by atoms with Gasteiger partial charge in [0.2, 0.25) is 0 Å². The van der Waals surface area contributed by atoms with E-state index in [-0.39, 0.29) is 23.2 Å². The Labute approximate surface area is 139 Å². The number of amides is 2. The molecule has 7 nitrogen and oxygen atoms in total. The monoisotopic (exact) mass is 337 g/mol. The van der Waals surface area contributed by atoms with Crippen LogP contribution in [-0.4, -0.2) is 53.0 Å². The molecule has 3 heterocycles. The van der Waals surface area contributed by atoms with Crippen LogP contribution in [0, 0.1) is 0 Å². The van der Waals surface area contributed by atoms with Crippen molar-refractivity contribution in [1.82, 2.24) is 25.9 Å². The fourth-order valence-corrected chi connectivity index (χ4v) is 3.00. The first-order chi connectivity index (χ1) is 11.1. The molecule has 0 bridgehead atoms. The van der Waals surface area contributed by atoms with Gasteiger partial charge in [-0.3, -0.25) is 20.4 Å². The Morgan fingerprint density at radius 3 is 1.65 bits per heavy atom. The van der Waals surface area contributed by atoms with Crippen molar-refractivity contribution in [1.29, 1.82) is 0 Å². The summed E-state index contributed by atoms with van der Waals surface area (Å²) in [7, 11) is 0. The van der Waals surface area contributed by atoms with Gasteiger partial charge in [0, 0.05) is 31.2 Å². The Morgan fingerprint density at radius 2 is 1.26 bits per heavy atom. The summed E-state index contributed by atoms with van der Waals surface area (Å²) in [6, 6.07) is 2.94. The lowest BCUT2D eigenvalue weighted by atomic mass is 10.3. The molecule has 0 atom stereocenters. The van der Waals surface area contributed by atoms with Gasteiger partial charge >= 0.3 is 0 Å². The average molecular weight is 338 g/mol. The van der Waals surface area contributed by atoms with E-state index >= 15 is 0 Å². The summed E-state index contributed by atoms with van der Waals surface area (Å²) in [6.45, 7) is 3.31. The van der Waals surface area contributed by atoms with Crippen LogP contribution in [0.4, 0.5) is 0 Å². The number of hydrogen-bond acceptors (Lipinski definition) is 5. The topological polar surface area (TPSA) is 77.6 Å². The Kier molecular flexibility index (Phi) is 5.09. The van der Waals surface area contributed by atoms with Gasteiger partial charge < -0.3 is 0 Å². The van der Waals surface area contributed by atoms with E-state index in [1.807, 2.05) is 10.0 Å². The lowest BCUT2D eigenvalue weighted by Crippen LogP contribution is -2.41. The molecular formula is C15H20ClN5O2. The molecule has 2 aliphatic heterocycles. The number of nitrogens with zero attached hydrogens (tertiary/aromatic N) is 3. The summed E-state index contributed by atoms with van der Waals surface area (Å²) >= 11 is 6.04. The zero-order chi connectivity index (χ0) is 16.2. The van der Waals surface area contributed by atoms with Crippen LogP contribution in [0.25, 0.3) is 0 Å². The van der Waals surface area contributed by atoms with Crippen LogP contribution in [-0.2, 0) is 0 Å². The van der Waals surface area contributed by atoms with Crippen LogP contribution in [0.1, 0.15) is 46.7 Å². The third-order valence-electron chi connectivity index (χ3n) is 3.99. The number of nitrogens with one attached hydrogen (secondary N) is 2. The second-order valence-corrected chi connectivity index (χ2v) is 6.26. The average Bonchev–Trinajstić information content (AvgIpc) is 3.20. The number of carbonyl (C=O) groups is 2. The van der Waals surface area contributed by atoms with Gasteiger partial charge in [-0.15, -0.1) is 0 Å². The van der Waals surface area contributed by atoms with Gasteiger partial charge in [0.25, 0.3) is 11.8 Å². The predicted molar refractivity (Wildman–Crippen MR) is 85.8 cm³/mol. The highest BCUT2D eigenvalue weighted by Crippen LogP contribution is 2.14. The van der Waals surface area contributed by atoms with Crippen molar-refractivity contribution in [2.24, 2.45) is 0 Å². The first-order valence-corrected chi connectivity index (χ1v) is 8.29. The van der Waals surface area contributed by atoms with Crippen molar-refractivity contribution < 1.29 is 9.59 Å². The predicted octanol–water partition coefficient (Wildman–Crippen LogP) is 1.22. The van der Waals surface area contributed by atoms with Crippen LogP contribution < -0.4 is 10.9 Å². The zero-order valence-corrected chi connectivity index (χ0v) is 13.6. The number of carbonyl (C=O) groups excluding carboxylic acids is 2. The van der Waals surface area contributed by atoms with Gasteiger partial charge in [-0.25, -0.2) is 15.0 Å². The van der Waals surface area contributed by atoms with E-state index in [1.54, 1.807) is 0 Å². The van der Waals surface area contributed by atoms with Crippen LogP contribution >= 0.6 is 11.6 Å². The van der Waals surface area contributed by atoms with Crippen molar-refractivity contribution in [3.05, 3.63) is 28.5 Å². The largest absolute Gasteiger partial charge is 0.284 e. The van der Waals surface area contributed by atoms with Crippen LogP contribution in [0.15, 0.2) is 12.1 Å². The van der Waals surface area contributed by atoms with Gasteiger partial charge in [0.15, 0.2) is 0 Å². The molecule has 0 saturated carbocycles. The molecule has 3 rings (SSSR count). The molecule has 0 aromatic carbocycles. The van der Waals surface area contributed by atoms with Gasteiger partial charge in [0.1, 0.15) is 11.4 Å². The number of pyridine rings is 1. The smallest absolute Gasteiger partial charge is 0.283 e. The number of aromatic nitrogens is 1. The molecule has 23 heavy (non-hydrogen) atoms. The molecule has 0 spiro atoms. The van der Waals surface area contributed by atoms with E-state index in [0.29, 0.717) is 5.02 Å². The number of halogens is 1. The summed E-state index contributed by atoms with van der Waals surface area (Å²) in [6.07, 6.45) is 4.25. The molecule has 0 aliphatic carbocycles. The highest BCUT2D eigenvalue weighted by Gasteiger charge is 2.20. The second kappa shape index (κ2) is 7.25. The van der Waals surface area contributed by atoms with Crippen LogP contribution in [0.2, 0.25) is 5.02 Å². The molecule has 2 aliphatic rings. The molecule has 0 radical (unpaired) electrons. The van der Waals surface area contributed by atoms with Crippen molar-refractivity contribution in [3.8, 4) is 0 Å². The maximum Gasteiger partial charge on any atom is 0.284 e. The summed E-state index contributed by atoms with van der Waals surface area (Å²) in [4.78, 5) is 28.7. The van der Waals surface area contributed by atoms with Crippen molar-refractivity contribution in [3.63, 3.8) is 0 Å². The quantitative estimate of drug-likeness (QED) is 0.863. The lowest BCUT2D eigenvalue weighted by molar-refractivity contribution is 0.0814. The third kappa shape index (κ3) is 4.19. The molecule has 2 fully saturated rings. The van der Waals surface area contributed by atoms with E-state index in [2.05, 4.69) is 15.8 Å². The van der Waals surface area contributed by atoms with Gasteiger partial charge in [-0.2, -0.15) is 0 Å². The minimum Gasteiger partial charge on any atom is -0.283 e. The Bertz CT molecular complexity index is 549. The summed E-state index contributed by atoms with van der Waals surface area (Å²) in [5, 5.41) is 4.03. The summed E-state index contributed by atoms with van der Waals surface area (Å²) < 4.78 is 0. The Balaban J connectivity index is 1.69. The normalized spacial score (nSPS) is 19.0. The van der Waals surface area contributed by atoms with Gasteiger partial charge in [-0.05, 0) is 37.8 Å². The maximum absolute atomic E-state index is 12.3. The first kappa shape index (κ1) is 16.2. The van der Waals surface area contributed by atoms with Crippen LogP contribution in [0.5, 0.6) is 0 Å². The summed E-state index contributed by atoms with van der Waals surface area (Å²) in [5.74, 6) is -0.686. The molecule has 1 aromatic heterocycles. The second-order valence-electron chi connectivity index (χ2n) is 5.83. The molecule has 1 aromatic rings. The highest BCUT2D eigenvalue weighted by atomic mass is 35.5. The highest BCUT2D eigenvalue weighted by molar-refractivity contribution is 6.31. The molecule has 2 amide bonds. The number of rotatable bonds is 4. The Morgan fingerprint density at radius 1 is 0.870 bits per heavy atom. The molecule has 8 heteroatoms. The summed E-state index contributed by atoms with van der Waals surface area (Å²) in [5.41, 5.74) is 5.88. The van der Waals surface area contributed by atoms with Crippen molar-refractivity contribution in [2.75, 3.05) is 26.2 Å². The Hall–Kier alpha value is -1.70. The molecule has 2 saturated heterocycles. The fraction of sp³-hybridized carbons (Fsp3) is 0.533. The first-order valence-electron chi connectivity index (χ1n) is 7.91. The van der Waals surface area contributed by atoms with E-state index < -0.39 is 0 Å². The van der Waals surface area contributed by atoms with E-state index in [1.165, 1.54) is 12.1 Å². The van der Waals surface area contributed by atoms with Gasteiger partial charge in [0.05, 0.1) is 0 Å². The number of hydrogen-bond donors (Lipinski definition) is 2. The molecule has 124 valence electrons. The standard InChI is InChI=1S/C15H20ClN5O2/c16-11-9-12(14(22)18-20-5-1-2-6-20)17-13(10-11)15(23)19-21-7-3-4-8-21/h9-10H,1-8H2,(H,18,22)(H,19,23). The maximum atomic E-state index is 12.3. The number of hydrazine groups is 2. The van der Waals surface area contributed by atoms with Gasteiger partial charge in [-0.1, -0.05) is 11.6 Å². The fourth-order valence-electron chi connectivity index (χ4n) is 2.79. The van der Waals surface area contributed by atoms with Crippen molar-refractivity contribution >= 4 is 23.4 Å². The minimum absolute atomic E-state index is 0.149. The SMILES string of the molecule is O=C(NN1CCCC1)c1cc(Cl)cc(C(=O)NN2CCCC2)n1. The third-order valence-corrected chi connectivity index (χ3v) is 4.21. The van der Waals surface area contributed by atoms with Crippen LogP contribution in [0.3, 0.4) is 0 Å². The van der Waals surface area contributed by atoms with Crippen molar-refractivity contribution in [2.45, 2.75) is 25.7 Å². The zero-order valence-electron chi connectivity index (χ0n) is 12.8. The molecule has 0 unspecified atom stereocenters. The van der Waals surface area contributed by atoms with E-state index in [0.717, 1.165) is 51.9 Å². The lowest BCUT2D eigenvalue weighted by Gasteiger charge is -2.17.